The molecule has 0 saturated carbocycles. The molecule has 118 valence electrons. The summed E-state index contributed by atoms with van der Waals surface area (Å²) in [6.07, 6.45) is 2.46. The van der Waals surface area contributed by atoms with Crippen molar-refractivity contribution in [3.05, 3.63) is 35.6 Å². The van der Waals surface area contributed by atoms with E-state index in [-0.39, 0.29) is 35.2 Å². The number of nitrogens with zero attached hydrogens (tertiary/aromatic N) is 2. The summed E-state index contributed by atoms with van der Waals surface area (Å²) in [7, 11) is 1.82. The van der Waals surface area contributed by atoms with Gasteiger partial charge in [0.25, 0.3) is 0 Å². The molecule has 1 fully saturated rings. The molecule has 1 aromatic rings. The van der Waals surface area contributed by atoms with Gasteiger partial charge in [-0.05, 0) is 30.5 Å². The Morgan fingerprint density at radius 3 is 2.57 bits per heavy atom. The van der Waals surface area contributed by atoms with Crippen molar-refractivity contribution < 1.29 is 4.39 Å². The molecule has 1 N–H and O–H groups in total. The molecule has 2 rings (SSSR count). The van der Waals surface area contributed by atoms with Gasteiger partial charge >= 0.3 is 0 Å². The first-order valence-electron chi connectivity index (χ1n) is 7.24. The lowest BCUT2D eigenvalue weighted by Crippen LogP contribution is -2.44. The van der Waals surface area contributed by atoms with E-state index >= 15 is 0 Å². The number of nitrogens with one attached hydrogen (secondary N) is 1. The number of guanidine groups is 1. The van der Waals surface area contributed by atoms with Gasteiger partial charge in [-0.3, -0.25) is 4.99 Å². The number of aliphatic imine (C=N–C) groups is 1. The molecule has 1 aliphatic rings. The summed E-state index contributed by atoms with van der Waals surface area (Å²) < 4.78 is 13.4. The molecule has 3 nitrogen and oxygen atoms in total. The van der Waals surface area contributed by atoms with Crippen LogP contribution in [0.4, 0.5) is 4.39 Å². The minimum Gasteiger partial charge on any atom is -0.355 e. The maximum atomic E-state index is 13.4. The SMILES string of the molecule is CN=C(NCC(C)(C)c1cccc(F)c1)N1CCCC1.I. The Hall–Kier alpha value is -0.850. The molecule has 21 heavy (non-hydrogen) atoms. The molecule has 5 heteroatoms. The average molecular weight is 405 g/mol. The van der Waals surface area contributed by atoms with Crippen molar-refractivity contribution in [2.75, 3.05) is 26.7 Å². The Kier molecular flexibility index (Phi) is 6.90. The molecule has 0 radical (unpaired) electrons. The van der Waals surface area contributed by atoms with E-state index in [2.05, 4.69) is 29.1 Å². The van der Waals surface area contributed by atoms with Crippen LogP contribution >= 0.6 is 24.0 Å². The Balaban J connectivity index is 0.00000220. The van der Waals surface area contributed by atoms with Crippen LogP contribution in [-0.2, 0) is 5.41 Å². The molecule has 0 atom stereocenters. The van der Waals surface area contributed by atoms with Crippen molar-refractivity contribution in [2.24, 2.45) is 4.99 Å². The molecule has 1 saturated heterocycles. The van der Waals surface area contributed by atoms with E-state index in [1.54, 1.807) is 12.1 Å². The minimum atomic E-state index is -0.181. The zero-order valence-corrected chi connectivity index (χ0v) is 15.4. The second-order valence-corrected chi connectivity index (χ2v) is 5.99. The van der Waals surface area contributed by atoms with Gasteiger partial charge in [0.05, 0.1) is 0 Å². The summed E-state index contributed by atoms with van der Waals surface area (Å²) in [5.74, 6) is 0.770. The van der Waals surface area contributed by atoms with Crippen LogP contribution in [0.3, 0.4) is 0 Å². The summed E-state index contributed by atoms with van der Waals surface area (Å²) >= 11 is 0. The van der Waals surface area contributed by atoms with Crippen LogP contribution in [0.5, 0.6) is 0 Å². The third kappa shape index (κ3) is 4.83. The zero-order valence-electron chi connectivity index (χ0n) is 13.0. The molecule has 0 bridgehead atoms. The first kappa shape index (κ1) is 18.2. The number of benzene rings is 1. The lowest BCUT2D eigenvalue weighted by molar-refractivity contribution is 0.457. The van der Waals surface area contributed by atoms with Crippen molar-refractivity contribution in [1.29, 1.82) is 0 Å². The van der Waals surface area contributed by atoms with E-state index in [0.717, 1.165) is 31.2 Å². The highest BCUT2D eigenvalue weighted by Crippen LogP contribution is 2.23. The van der Waals surface area contributed by atoms with E-state index in [9.17, 15) is 4.39 Å². The minimum absolute atomic E-state index is 0. The zero-order chi connectivity index (χ0) is 14.6. The van der Waals surface area contributed by atoms with E-state index in [4.69, 9.17) is 0 Å². The standard InChI is InChI=1S/C16H24FN3.HI/c1-16(2,13-7-6-8-14(17)11-13)12-19-15(18-3)20-9-4-5-10-20;/h6-8,11H,4-5,9-10,12H2,1-3H3,(H,18,19);1H. The largest absolute Gasteiger partial charge is 0.355 e. The number of likely N-dealkylation sites (tertiary alicyclic amines) is 1. The molecule has 1 aromatic carbocycles. The van der Waals surface area contributed by atoms with E-state index in [1.807, 2.05) is 13.1 Å². The van der Waals surface area contributed by atoms with Crippen LogP contribution in [0.2, 0.25) is 0 Å². The lowest BCUT2D eigenvalue weighted by atomic mass is 9.84. The number of hydrogen-bond donors (Lipinski definition) is 1. The van der Waals surface area contributed by atoms with Crippen LogP contribution in [0.25, 0.3) is 0 Å². The van der Waals surface area contributed by atoms with Crippen LogP contribution in [0, 0.1) is 5.82 Å². The van der Waals surface area contributed by atoms with Gasteiger partial charge in [0, 0.05) is 32.1 Å². The number of hydrogen-bond acceptors (Lipinski definition) is 1. The van der Waals surface area contributed by atoms with Crippen LogP contribution in [0.15, 0.2) is 29.3 Å². The van der Waals surface area contributed by atoms with E-state index in [0.29, 0.717) is 0 Å². The first-order chi connectivity index (χ1) is 9.53. The maximum Gasteiger partial charge on any atom is 0.193 e. The second kappa shape index (κ2) is 7.96. The molecule has 1 heterocycles. The summed E-state index contributed by atoms with van der Waals surface area (Å²) in [5.41, 5.74) is 0.861. The predicted molar refractivity (Wildman–Crippen MR) is 97.0 cm³/mol. The normalized spacial score (nSPS) is 15.8. The van der Waals surface area contributed by atoms with Crippen LogP contribution in [-0.4, -0.2) is 37.5 Å². The van der Waals surface area contributed by atoms with Gasteiger partial charge in [-0.2, -0.15) is 0 Å². The molecular weight excluding hydrogens is 380 g/mol. The van der Waals surface area contributed by atoms with Gasteiger partial charge in [-0.15, -0.1) is 24.0 Å². The quantitative estimate of drug-likeness (QED) is 0.474. The summed E-state index contributed by atoms with van der Waals surface area (Å²) in [6.45, 7) is 7.11. The fourth-order valence-corrected chi connectivity index (χ4v) is 2.57. The van der Waals surface area contributed by atoms with Crippen molar-refractivity contribution in [3.63, 3.8) is 0 Å². The molecular formula is C16H25FIN3. The third-order valence-electron chi connectivity index (χ3n) is 3.91. The van der Waals surface area contributed by atoms with Crippen molar-refractivity contribution in [1.82, 2.24) is 10.2 Å². The third-order valence-corrected chi connectivity index (χ3v) is 3.91. The van der Waals surface area contributed by atoms with Gasteiger partial charge < -0.3 is 10.2 Å². The highest BCUT2D eigenvalue weighted by atomic mass is 127. The molecule has 0 aromatic heterocycles. The van der Waals surface area contributed by atoms with Crippen LogP contribution < -0.4 is 5.32 Å². The predicted octanol–water partition coefficient (Wildman–Crippen LogP) is 3.39. The van der Waals surface area contributed by atoms with Gasteiger partial charge in [-0.1, -0.05) is 26.0 Å². The van der Waals surface area contributed by atoms with Crippen molar-refractivity contribution >= 4 is 29.9 Å². The van der Waals surface area contributed by atoms with Gasteiger partial charge in [0.1, 0.15) is 5.82 Å². The Morgan fingerprint density at radius 1 is 1.33 bits per heavy atom. The first-order valence-corrected chi connectivity index (χ1v) is 7.24. The fourth-order valence-electron chi connectivity index (χ4n) is 2.57. The molecule has 0 unspecified atom stereocenters. The summed E-state index contributed by atoms with van der Waals surface area (Å²) in [6, 6.07) is 6.83. The van der Waals surface area contributed by atoms with E-state index in [1.165, 1.54) is 18.9 Å². The number of rotatable bonds is 3. The van der Waals surface area contributed by atoms with Gasteiger partial charge in [0.15, 0.2) is 5.96 Å². The Labute approximate surface area is 144 Å². The van der Waals surface area contributed by atoms with Crippen molar-refractivity contribution in [2.45, 2.75) is 32.1 Å². The highest BCUT2D eigenvalue weighted by molar-refractivity contribution is 14.0. The maximum absolute atomic E-state index is 13.4. The molecule has 1 aliphatic heterocycles. The van der Waals surface area contributed by atoms with Gasteiger partial charge in [-0.25, -0.2) is 4.39 Å². The number of halogens is 2. The topological polar surface area (TPSA) is 27.6 Å². The molecule has 0 amide bonds. The van der Waals surface area contributed by atoms with Gasteiger partial charge in [0.2, 0.25) is 0 Å². The fraction of sp³-hybridized carbons (Fsp3) is 0.562. The van der Waals surface area contributed by atoms with Crippen molar-refractivity contribution in [3.8, 4) is 0 Å². The molecule has 0 aliphatic carbocycles. The lowest BCUT2D eigenvalue weighted by Gasteiger charge is -2.29. The Morgan fingerprint density at radius 2 is 2.00 bits per heavy atom. The summed E-state index contributed by atoms with van der Waals surface area (Å²) in [4.78, 5) is 6.62. The Bertz CT molecular complexity index is 482. The molecule has 0 spiro atoms. The van der Waals surface area contributed by atoms with E-state index < -0.39 is 0 Å². The average Bonchev–Trinajstić information content (AvgIpc) is 2.93. The monoisotopic (exact) mass is 405 g/mol. The van der Waals surface area contributed by atoms with Crippen LogP contribution in [0.1, 0.15) is 32.3 Å². The highest BCUT2D eigenvalue weighted by Gasteiger charge is 2.23. The summed E-state index contributed by atoms with van der Waals surface area (Å²) in [5, 5.41) is 3.42. The second-order valence-electron chi connectivity index (χ2n) is 5.99. The smallest absolute Gasteiger partial charge is 0.193 e.